The molecule has 10 nitrogen and oxygen atoms in total. The molecular weight excluding hydrogens is 547 g/mol. The van der Waals surface area contributed by atoms with Crippen molar-refractivity contribution >= 4 is 33.3 Å². The van der Waals surface area contributed by atoms with E-state index < -0.39 is 27.6 Å². The standard InChI is InChI=1S/C26H20F3N7O3S/c1-14-20(13-31)22(19-9-6-15(12-30)10-21(19)40(2,38)39)36-25(33-24(34-36)32-23(37)16-7-8-16)35(14)18-5-3-4-17(11-18)26(27,28)29/h3-6,9-11,16,22H,7-8H2,1-2H3,(H,32,34,37)/t22-/m1/s1. The molecule has 2 heterocycles. The van der Waals surface area contributed by atoms with E-state index in [4.69, 9.17) is 0 Å². The topological polar surface area (TPSA) is 145 Å². The normalized spacial score (nSPS) is 17.2. The average molecular weight is 568 g/mol. The molecule has 1 amide bonds. The molecule has 1 N–H and O–H groups in total. The lowest BCUT2D eigenvalue weighted by atomic mass is 9.95. The maximum absolute atomic E-state index is 13.6. The number of hydrogen-bond donors (Lipinski definition) is 1. The number of hydrogen-bond acceptors (Lipinski definition) is 8. The fourth-order valence-corrected chi connectivity index (χ4v) is 5.50. The second kappa shape index (κ2) is 9.50. The number of benzene rings is 2. The first-order chi connectivity index (χ1) is 18.8. The average Bonchev–Trinajstić information content (AvgIpc) is 3.67. The van der Waals surface area contributed by atoms with Crippen molar-refractivity contribution in [2.75, 3.05) is 16.5 Å². The monoisotopic (exact) mass is 567 g/mol. The van der Waals surface area contributed by atoms with Crippen molar-refractivity contribution in [3.8, 4) is 12.1 Å². The quantitative estimate of drug-likeness (QED) is 0.476. The van der Waals surface area contributed by atoms with Crippen LogP contribution in [0.15, 0.2) is 58.6 Å². The highest BCUT2D eigenvalue weighted by molar-refractivity contribution is 7.90. The number of alkyl halides is 3. The molecule has 204 valence electrons. The number of sulfone groups is 1. The molecule has 40 heavy (non-hydrogen) atoms. The van der Waals surface area contributed by atoms with Gasteiger partial charge in [0.25, 0.3) is 5.95 Å². The van der Waals surface area contributed by atoms with Gasteiger partial charge in [-0.1, -0.05) is 12.1 Å². The van der Waals surface area contributed by atoms with Gasteiger partial charge in [-0.25, -0.2) is 13.1 Å². The van der Waals surface area contributed by atoms with Crippen molar-refractivity contribution in [3.63, 3.8) is 0 Å². The third kappa shape index (κ3) is 4.78. The van der Waals surface area contributed by atoms with Crippen LogP contribution < -0.4 is 10.2 Å². The van der Waals surface area contributed by atoms with Gasteiger partial charge in [0.2, 0.25) is 11.9 Å². The zero-order chi connectivity index (χ0) is 29.0. The third-order valence-electron chi connectivity index (χ3n) is 6.63. The summed E-state index contributed by atoms with van der Waals surface area (Å²) in [6.07, 6.45) is -2.30. The lowest BCUT2D eigenvalue weighted by Crippen LogP contribution is -2.31. The summed E-state index contributed by atoms with van der Waals surface area (Å²) < 4.78 is 67.4. The van der Waals surface area contributed by atoms with E-state index in [1.807, 2.05) is 6.07 Å². The Balaban J connectivity index is 1.76. The lowest BCUT2D eigenvalue weighted by molar-refractivity contribution is -0.137. The zero-order valence-electron chi connectivity index (χ0n) is 21.1. The van der Waals surface area contributed by atoms with Gasteiger partial charge in [-0.15, -0.1) is 5.10 Å². The van der Waals surface area contributed by atoms with Crippen LogP contribution in [0.4, 0.5) is 30.8 Å². The van der Waals surface area contributed by atoms with Crippen molar-refractivity contribution < 1.29 is 26.4 Å². The van der Waals surface area contributed by atoms with Crippen LogP contribution in [0, 0.1) is 28.6 Å². The Morgan fingerprint density at radius 1 is 1.12 bits per heavy atom. The molecule has 0 saturated heterocycles. The first-order valence-electron chi connectivity index (χ1n) is 11.9. The summed E-state index contributed by atoms with van der Waals surface area (Å²) in [7, 11) is -3.92. The lowest BCUT2D eigenvalue weighted by Gasteiger charge is -2.34. The van der Waals surface area contributed by atoms with Crippen LogP contribution in [-0.4, -0.2) is 35.3 Å². The third-order valence-corrected chi connectivity index (χ3v) is 7.78. The summed E-state index contributed by atoms with van der Waals surface area (Å²) in [5.41, 5.74) is -0.581. The minimum Gasteiger partial charge on any atom is -0.293 e. The molecule has 1 saturated carbocycles. The molecule has 1 aromatic heterocycles. The fourth-order valence-electron chi connectivity index (χ4n) is 4.55. The van der Waals surface area contributed by atoms with Gasteiger partial charge in [-0.05, 0) is 50.1 Å². The van der Waals surface area contributed by atoms with E-state index in [0.29, 0.717) is 12.8 Å². The highest BCUT2D eigenvalue weighted by Gasteiger charge is 2.40. The summed E-state index contributed by atoms with van der Waals surface area (Å²) in [5.74, 6) is -0.738. The van der Waals surface area contributed by atoms with Gasteiger partial charge in [0, 0.05) is 29.1 Å². The van der Waals surface area contributed by atoms with Crippen LogP contribution >= 0.6 is 0 Å². The van der Waals surface area contributed by atoms with E-state index in [0.717, 1.165) is 18.4 Å². The minimum atomic E-state index is -4.64. The van der Waals surface area contributed by atoms with Crippen LogP contribution in [0.2, 0.25) is 0 Å². The Morgan fingerprint density at radius 2 is 1.85 bits per heavy atom. The molecule has 3 aromatic rings. The number of carbonyl (C=O) groups is 1. The number of amides is 1. The number of rotatable bonds is 5. The molecule has 5 rings (SSSR count). The van der Waals surface area contributed by atoms with E-state index in [1.54, 1.807) is 0 Å². The Kier molecular flexibility index (Phi) is 6.39. The van der Waals surface area contributed by atoms with Crippen LogP contribution in [0.3, 0.4) is 0 Å². The predicted octanol–water partition coefficient (Wildman–Crippen LogP) is 4.46. The molecule has 1 aliphatic heterocycles. The molecule has 14 heteroatoms. The summed E-state index contributed by atoms with van der Waals surface area (Å²) in [6.45, 7) is 1.50. The molecule has 1 atom stereocenters. The summed E-state index contributed by atoms with van der Waals surface area (Å²) >= 11 is 0. The largest absolute Gasteiger partial charge is 0.416 e. The fraction of sp³-hybridized carbons (Fsp3) is 0.269. The number of carbonyl (C=O) groups excluding carboxylic acids is 1. The second-order valence-electron chi connectivity index (χ2n) is 9.48. The van der Waals surface area contributed by atoms with Crippen molar-refractivity contribution in [2.45, 2.75) is 36.9 Å². The SMILES string of the molecule is CC1=C(C#N)[C@@H](c2ccc(C#N)cc2S(C)(=O)=O)n2nc(NC(=O)C3CC3)nc2N1c1cccc(C(F)(F)F)c1. The van der Waals surface area contributed by atoms with Crippen molar-refractivity contribution in [1.82, 2.24) is 14.8 Å². The number of fused-ring (bicyclic) bond motifs is 1. The van der Waals surface area contributed by atoms with Gasteiger partial charge >= 0.3 is 6.18 Å². The smallest absolute Gasteiger partial charge is 0.293 e. The predicted molar refractivity (Wildman–Crippen MR) is 136 cm³/mol. The first-order valence-corrected chi connectivity index (χ1v) is 13.8. The van der Waals surface area contributed by atoms with Gasteiger partial charge in [0.1, 0.15) is 6.04 Å². The number of allylic oxidation sites excluding steroid dienone is 2. The maximum Gasteiger partial charge on any atom is 0.416 e. The molecular formula is C26H20F3N7O3S. The molecule has 2 aliphatic rings. The Bertz CT molecular complexity index is 1780. The highest BCUT2D eigenvalue weighted by atomic mass is 32.2. The molecule has 1 aliphatic carbocycles. The van der Waals surface area contributed by atoms with Gasteiger partial charge < -0.3 is 0 Å². The molecule has 1 fully saturated rings. The highest BCUT2D eigenvalue weighted by Crippen LogP contribution is 2.45. The van der Waals surface area contributed by atoms with Crippen molar-refractivity contribution in [3.05, 3.63) is 70.4 Å². The number of halogens is 3. The van der Waals surface area contributed by atoms with E-state index >= 15 is 0 Å². The Labute approximate surface area is 226 Å². The van der Waals surface area contributed by atoms with Crippen molar-refractivity contribution in [2.24, 2.45) is 5.92 Å². The number of nitrogens with zero attached hydrogens (tertiary/aromatic N) is 6. The van der Waals surface area contributed by atoms with Crippen LogP contribution in [0.25, 0.3) is 0 Å². The van der Waals surface area contributed by atoms with E-state index in [-0.39, 0.29) is 56.7 Å². The number of anilines is 3. The molecule has 0 unspecified atom stereocenters. The van der Waals surface area contributed by atoms with Gasteiger partial charge in [0.05, 0.1) is 33.7 Å². The van der Waals surface area contributed by atoms with E-state index in [2.05, 4.69) is 21.5 Å². The minimum absolute atomic E-state index is 0.0235. The number of aromatic nitrogens is 3. The van der Waals surface area contributed by atoms with Gasteiger partial charge in [0.15, 0.2) is 9.84 Å². The molecule has 0 spiro atoms. The summed E-state index contributed by atoms with van der Waals surface area (Å²) in [5, 5.41) is 26.6. The first kappa shape index (κ1) is 26.9. The van der Waals surface area contributed by atoms with Gasteiger partial charge in [-0.2, -0.15) is 28.7 Å². The second-order valence-corrected chi connectivity index (χ2v) is 11.5. The van der Waals surface area contributed by atoms with E-state index in [9.17, 15) is 36.9 Å². The zero-order valence-corrected chi connectivity index (χ0v) is 21.9. The van der Waals surface area contributed by atoms with Crippen molar-refractivity contribution in [1.29, 1.82) is 10.5 Å². The molecule has 2 aromatic carbocycles. The van der Waals surface area contributed by atoms with Crippen LogP contribution in [0.5, 0.6) is 0 Å². The van der Waals surface area contributed by atoms with Crippen LogP contribution in [0.1, 0.15) is 42.5 Å². The number of nitrogens with one attached hydrogen (secondary N) is 1. The van der Waals surface area contributed by atoms with Crippen LogP contribution in [-0.2, 0) is 20.8 Å². The van der Waals surface area contributed by atoms with E-state index in [1.165, 1.54) is 46.8 Å². The maximum atomic E-state index is 13.6. The summed E-state index contributed by atoms with van der Waals surface area (Å²) in [4.78, 5) is 17.9. The summed E-state index contributed by atoms with van der Waals surface area (Å²) in [6, 6.07) is 11.1. The molecule has 0 bridgehead atoms. The number of nitriles is 2. The Hall–Kier alpha value is -4.69. The Morgan fingerprint density at radius 3 is 2.45 bits per heavy atom. The van der Waals surface area contributed by atoms with Gasteiger partial charge in [-0.3, -0.25) is 15.0 Å². The molecule has 0 radical (unpaired) electrons.